The van der Waals surface area contributed by atoms with Crippen LogP contribution in [0.25, 0.3) is 0 Å². The van der Waals surface area contributed by atoms with Crippen LogP contribution in [0.4, 0.5) is 4.39 Å². The average Bonchev–Trinajstić information content (AvgIpc) is 2.49. The molecule has 2 aromatic rings. The van der Waals surface area contributed by atoms with Crippen LogP contribution in [0.5, 0.6) is 5.75 Å². The summed E-state index contributed by atoms with van der Waals surface area (Å²) in [5.41, 5.74) is 3.58. The number of benzene rings is 2. The van der Waals surface area contributed by atoms with E-state index < -0.39 is 0 Å². The Labute approximate surface area is 129 Å². The van der Waals surface area contributed by atoms with Gasteiger partial charge in [0.25, 0.3) is 0 Å². The molecule has 114 valence electrons. The molecule has 0 unspecified atom stereocenters. The monoisotopic (exact) mass is 299 g/mol. The number of nitrogens with zero attached hydrogens (tertiary/aromatic N) is 1. The lowest BCUT2D eigenvalue weighted by Gasteiger charge is -2.29. The summed E-state index contributed by atoms with van der Waals surface area (Å²) in [5.74, 6) is 0.0765. The Morgan fingerprint density at radius 3 is 2.68 bits per heavy atom. The fourth-order valence-electron chi connectivity index (χ4n) is 2.80. The van der Waals surface area contributed by atoms with Gasteiger partial charge in [0, 0.05) is 26.6 Å². The van der Waals surface area contributed by atoms with Crippen molar-refractivity contribution in [3.63, 3.8) is 0 Å². The minimum absolute atomic E-state index is 0.209. The second-order valence-electron chi connectivity index (χ2n) is 5.61. The van der Waals surface area contributed by atoms with Gasteiger partial charge in [-0.15, -0.1) is 0 Å². The van der Waals surface area contributed by atoms with E-state index in [0.717, 1.165) is 31.6 Å². The molecule has 0 radical (unpaired) electrons. The summed E-state index contributed by atoms with van der Waals surface area (Å²) in [5, 5.41) is 0. The maximum Gasteiger partial charge on any atom is 0.308 e. The number of fused-ring (bicyclic) bond motifs is 1. The maximum absolute atomic E-state index is 13.0. The molecule has 3 nitrogen and oxygen atoms in total. The number of ether oxygens (including phenoxy) is 1. The van der Waals surface area contributed by atoms with Gasteiger partial charge in [-0.25, -0.2) is 4.39 Å². The predicted octanol–water partition coefficient (Wildman–Crippen LogP) is 3.31. The molecular formula is C18H18FNO2. The Morgan fingerprint density at radius 2 is 1.95 bits per heavy atom. The predicted molar refractivity (Wildman–Crippen MR) is 82.0 cm³/mol. The average molecular weight is 299 g/mol. The Balaban J connectivity index is 1.71. The molecule has 0 N–H and O–H groups in total. The van der Waals surface area contributed by atoms with Gasteiger partial charge in [-0.2, -0.15) is 0 Å². The second kappa shape index (κ2) is 6.28. The van der Waals surface area contributed by atoms with Crippen molar-refractivity contribution in [3.8, 4) is 5.75 Å². The Kier molecular flexibility index (Phi) is 4.20. The number of carbonyl (C=O) groups is 1. The standard InChI is InChI=1S/C18H18FNO2/c1-13(21)22-18-7-4-15-8-9-20(12-16(15)10-18)11-14-2-5-17(19)6-3-14/h2-7,10H,8-9,11-12H2,1H3. The fraction of sp³-hybridized carbons (Fsp3) is 0.278. The lowest BCUT2D eigenvalue weighted by atomic mass is 9.99. The Morgan fingerprint density at radius 1 is 1.18 bits per heavy atom. The highest BCUT2D eigenvalue weighted by Crippen LogP contribution is 2.25. The molecule has 1 aliphatic heterocycles. The zero-order chi connectivity index (χ0) is 15.5. The molecule has 4 heteroatoms. The van der Waals surface area contributed by atoms with Crippen LogP contribution in [-0.2, 0) is 24.3 Å². The van der Waals surface area contributed by atoms with Gasteiger partial charge in [0.1, 0.15) is 11.6 Å². The molecule has 0 fully saturated rings. The van der Waals surface area contributed by atoms with Gasteiger partial charge in [0.15, 0.2) is 0 Å². The maximum atomic E-state index is 13.0. The third-order valence-electron chi connectivity index (χ3n) is 3.85. The zero-order valence-electron chi connectivity index (χ0n) is 12.5. The highest BCUT2D eigenvalue weighted by molar-refractivity contribution is 5.69. The van der Waals surface area contributed by atoms with Crippen molar-refractivity contribution < 1.29 is 13.9 Å². The van der Waals surface area contributed by atoms with Crippen molar-refractivity contribution in [2.24, 2.45) is 0 Å². The topological polar surface area (TPSA) is 29.5 Å². The number of rotatable bonds is 3. The van der Waals surface area contributed by atoms with Gasteiger partial charge in [-0.05, 0) is 47.4 Å². The molecule has 2 aromatic carbocycles. The summed E-state index contributed by atoms with van der Waals surface area (Å²) in [4.78, 5) is 13.4. The molecule has 3 rings (SSSR count). The summed E-state index contributed by atoms with van der Waals surface area (Å²) in [6.07, 6.45) is 0.969. The Bertz CT molecular complexity index is 682. The highest BCUT2D eigenvalue weighted by atomic mass is 19.1. The highest BCUT2D eigenvalue weighted by Gasteiger charge is 2.17. The van der Waals surface area contributed by atoms with E-state index in [1.54, 1.807) is 0 Å². The van der Waals surface area contributed by atoms with Crippen molar-refractivity contribution in [3.05, 3.63) is 65.0 Å². The van der Waals surface area contributed by atoms with E-state index in [0.29, 0.717) is 5.75 Å². The molecule has 0 amide bonds. The number of halogens is 1. The smallest absolute Gasteiger partial charge is 0.308 e. The quantitative estimate of drug-likeness (QED) is 0.643. The van der Waals surface area contributed by atoms with Crippen molar-refractivity contribution >= 4 is 5.97 Å². The molecule has 1 heterocycles. The first-order valence-electron chi connectivity index (χ1n) is 7.37. The second-order valence-corrected chi connectivity index (χ2v) is 5.61. The van der Waals surface area contributed by atoms with Gasteiger partial charge >= 0.3 is 5.97 Å². The summed E-state index contributed by atoms with van der Waals surface area (Å²) < 4.78 is 18.1. The number of hydrogen-bond donors (Lipinski definition) is 0. The van der Waals surface area contributed by atoms with Gasteiger partial charge in [-0.1, -0.05) is 18.2 Å². The SMILES string of the molecule is CC(=O)Oc1ccc2c(c1)CN(Cc1ccc(F)cc1)CC2. The molecule has 0 saturated heterocycles. The molecule has 0 spiro atoms. The van der Waals surface area contributed by atoms with Crippen LogP contribution in [-0.4, -0.2) is 17.4 Å². The Hall–Kier alpha value is -2.20. The van der Waals surface area contributed by atoms with E-state index in [4.69, 9.17) is 4.74 Å². The largest absolute Gasteiger partial charge is 0.427 e. The number of esters is 1. The van der Waals surface area contributed by atoms with E-state index in [2.05, 4.69) is 4.90 Å². The molecule has 0 bridgehead atoms. The van der Waals surface area contributed by atoms with Crippen LogP contribution >= 0.6 is 0 Å². The minimum Gasteiger partial charge on any atom is -0.427 e. The summed E-state index contributed by atoms with van der Waals surface area (Å²) >= 11 is 0. The lowest BCUT2D eigenvalue weighted by Crippen LogP contribution is -2.30. The molecule has 0 aromatic heterocycles. The van der Waals surface area contributed by atoms with E-state index in [1.165, 1.54) is 30.2 Å². The molecule has 22 heavy (non-hydrogen) atoms. The van der Waals surface area contributed by atoms with Gasteiger partial charge in [0.2, 0.25) is 0 Å². The van der Waals surface area contributed by atoms with Crippen molar-refractivity contribution in [1.29, 1.82) is 0 Å². The first-order chi connectivity index (χ1) is 10.6. The third-order valence-corrected chi connectivity index (χ3v) is 3.85. The molecule has 0 saturated carbocycles. The normalized spacial score (nSPS) is 14.5. The van der Waals surface area contributed by atoms with Crippen LogP contribution < -0.4 is 4.74 Å². The number of carbonyl (C=O) groups excluding carboxylic acids is 1. The number of hydrogen-bond acceptors (Lipinski definition) is 3. The van der Waals surface area contributed by atoms with Gasteiger partial charge in [0.05, 0.1) is 0 Å². The van der Waals surface area contributed by atoms with E-state index >= 15 is 0 Å². The zero-order valence-corrected chi connectivity index (χ0v) is 12.5. The van der Waals surface area contributed by atoms with E-state index in [1.807, 2.05) is 30.3 Å². The van der Waals surface area contributed by atoms with Crippen molar-refractivity contribution in [1.82, 2.24) is 4.90 Å². The van der Waals surface area contributed by atoms with Crippen molar-refractivity contribution in [2.45, 2.75) is 26.4 Å². The van der Waals surface area contributed by atoms with E-state index in [-0.39, 0.29) is 11.8 Å². The van der Waals surface area contributed by atoms with Gasteiger partial charge < -0.3 is 4.74 Å². The van der Waals surface area contributed by atoms with Crippen LogP contribution in [0.15, 0.2) is 42.5 Å². The first kappa shape index (κ1) is 14.7. The molecule has 0 aliphatic carbocycles. The van der Waals surface area contributed by atoms with E-state index in [9.17, 15) is 9.18 Å². The summed E-state index contributed by atoms with van der Waals surface area (Å²) in [6.45, 7) is 3.97. The van der Waals surface area contributed by atoms with Crippen molar-refractivity contribution in [2.75, 3.05) is 6.54 Å². The molecular weight excluding hydrogens is 281 g/mol. The van der Waals surface area contributed by atoms with Crippen LogP contribution in [0.2, 0.25) is 0 Å². The fourth-order valence-corrected chi connectivity index (χ4v) is 2.80. The van der Waals surface area contributed by atoms with Crippen LogP contribution in [0.3, 0.4) is 0 Å². The minimum atomic E-state index is -0.307. The third kappa shape index (κ3) is 3.52. The molecule has 0 atom stereocenters. The molecule has 1 aliphatic rings. The lowest BCUT2D eigenvalue weighted by molar-refractivity contribution is -0.131. The van der Waals surface area contributed by atoms with Gasteiger partial charge in [-0.3, -0.25) is 9.69 Å². The first-order valence-corrected chi connectivity index (χ1v) is 7.37. The summed E-state index contributed by atoms with van der Waals surface area (Å²) in [7, 11) is 0. The summed E-state index contributed by atoms with van der Waals surface area (Å²) in [6, 6.07) is 12.4. The van der Waals surface area contributed by atoms with Crippen LogP contribution in [0, 0.1) is 5.82 Å². The van der Waals surface area contributed by atoms with Crippen LogP contribution in [0.1, 0.15) is 23.6 Å².